The molecule has 0 aliphatic carbocycles. The van der Waals surface area contributed by atoms with Crippen LogP contribution in [0.15, 0.2) is 0 Å². The zero-order valence-electron chi connectivity index (χ0n) is 12.4. The predicted octanol–water partition coefficient (Wildman–Crippen LogP) is 0.845. The molecule has 0 fully saturated rings. The van der Waals surface area contributed by atoms with Crippen molar-refractivity contribution in [3.63, 3.8) is 0 Å². The minimum absolute atomic E-state index is 0.00724. The Morgan fingerprint density at radius 1 is 1.05 bits per heavy atom. The first-order valence-electron chi connectivity index (χ1n) is 6.81. The number of nitrogens with one attached hydrogen (secondary N) is 3. The Bertz CT molecular complexity index is 343. The van der Waals surface area contributed by atoms with Gasteiger partial charge in [0.05, 0.1) is 0 Å². The molecule has 0 aromatic carbocycles. The van der Waals surface area contributed by atoms with E-state index in [1.54, 1.807) is 13.8 Å². The van der Waals surface area contributed by atoms with Crippen molar-refractivity contribution in [2.45, 2.75) is 52.0 Å². The minimum Gasteiger partial charge on any atom is -0.481 e. The lowest BCUT2D eigenvalue weighted by molar-refractivity contribution is -0.137. The summed E-state index contributed by atoms with van der Waals surface area (Å²) in [6.07, 6.45) is 1.43. The molecule has 20 heavy (non-hydrogen) atoms. The van der Waals surface area contributed by atoms with Gasteiger partial charge in [-0.05, 0) is 26.7 Å². The lowest BCUT2D eigenvalue weighted by Crippen LogP contribution is -2.49. The van der Waals surface area contributed by atoms with E-state index >= 15 is 0 Å². The molecule has 0 radical (unpaired) electrons. The summed E-state index contributed by atoms with van der Waals surface area (Å²) in [7, 11) is 0. The van der Waals surface area contributed by atoms with Gasteiger partial charge in [-0.25, -0.2) is 4.79 Å². The van der Waals surface area contributed by atoms with Crippen LogP contribution in [0.4, 0.5) is 4.79 Å². The molecule has 0 heterocycles. The number of hydrogen-bond acceptors (Lipinski definition) is 3. The molecule has 0 rings (SSSR count). The molecule has 0 saturated carbocycles. The fraction of sp³-hybridized carbons (Fsp3) is 0.769. The highest BCUT2D eigenvalue weighted by Crippen LogP contribution is 2.10. The Morgan fingerprint density at radius 2 is 1.70 bits per heavy atom. The number of carboxylic acids is 1. The number of urea groups is 1. The van der Waals surface area contributed by atoms with E-state index in [1.807, 2.05) is 6.92 Å². The number of rotatable bonds is 9. The zero-order valence-corrected chi connectivity index (χ0v) is 12.4. The van der Waals surface area contributed by atoms with E-state index in [-0.39, 0.29) is 25.3 Å². The van der Waals surface area contributed by atoms with Crippen LogP contribution in [-0.2, 0) is 9.59 Å². The van der Waals surface area contributed by atoms with Gasteiger partial charge in [-0.1, -0.05) is 6.92 Å². The van der Waals surface area contributed by atoms with Crippen molar-refractivity contribution in [2.24, 2.45) is 0 Å². The van der Waals surface area contributed by atoms with Gasteiger partial charge in [-0.2, -0.15) is 0 Å². The smallest absolute Gasteiger partial charge is 0.315 e. The predicted molar refractivity (Wildman–Crippen MR) is 75.4 cm³/mol. The fourth-order valence-corrected chi connectivity index (χ4v) is 1.48. The summed E-state index contributed by atoms with van der Waals surface area (Å²) < 4.78 is 0. The van der Waals surface area contributed by atoms with Crippen LogP contribution < -0.4 is 16.0 Å². The van der Waals surface area contributed by atoms with Crippen molar-refractivity contribution >= 4 is 17.9 Å². The molecule has 0 atom stereocenters. The van der Waals surface area contributed by atoms with Crippen molar-refractivity contribution in [3.05, 3.63) is 0 Å². The molecule has 4 N–H and O–H groups in total. The van der Waals surface area contributed by atoms with Gasteiger partial charge in [0.1, 0.15) is 0 Å². The number of aliphatic carboxylic acids is 1. The molecule has 0 aliphatic heterocycles. The number of hydrogen-bond donors (Lipinski definition) is 4. The summed E-state index contributed by atoms with van der Waals surface area (Å²) >= 11 is 0. The summed E-state index contributed by atoms with van der Waals surface area (Å²) in [5, 5.41) is 16.6. The van der Waals surface area contributed by atoms with E-state index in [1.165, 1.54) is 0 Å². The van der Waals surface area contributed by atoms with E-state index in [0.717, 1.165) is 6.42 Å². The van der Waals surface area contributed by atoms with Crippen molar-refractivity contribution in [2.75, 3.05) is 13.1 Å². The Hall–Kier alpha value is -1.79. The van der Waals surface area contributed by atoms with Gasteiger partial charge in [0.2, 0.25) is 5.91 Å². The lowest BCUT2D eigenvalue weighted by Gasteiger charge is -2.25. The summed E-state index contributed by atoms with van der Waals surface area (Å²) in [6, 6.07) is -0.399. The maximum atomic E-state index is 11.6. The van der Waals surface area contributed by atoms with E-state index in [9.17, 15) is 14.4 Å². The first-order valence-corrected chi connectivity index (χ1v) is 6.81. The van der Waals surface area contributed by atoms with Crippen LogP contribution in [0.25, 0.3) is 0 Å². The third-order valence-corrected chi connectivity index (χ3v) is 2.63. The summed E-state index contributed by atoms with van der Waals surface area (Å²) in [6.45, 7) is 6.35. The van der Waals surface area contributed by atoms with Gasteiger partial charge in [0.15, 0.2) is 0 Å². The van der Waals surface area contributed by atoms with Crippen molar-refractivity contribution in [3.8, 4) is 0 Å². The molecule has 0 saturated heterocycles. The Morgan fingerprint density at radius 3 is 2.25 bits per heavy atom. The summed E-state index contributed by atoms with van der Waals surface area (Å²) in [5.74, 6) is -0.995. The molecule has 0 unspecified atom stereocenters. The third kappa shape index (κ3) is 10.2. The highest BCUT2D eigenvalue weighted by Gasteiger charge is 2.21. The van der Waals surface area contributed by atoms with Gasteiger partial charge in [-0.15, -0.1) is 0 Å². The van der Waals surface area contributed by atoms with Crippen LogP contribution in [0.2, 0.25) is 0 Å². The SMILES string of the molecule is CCCNC(=O)CCNC(=O)NC(C)(C)CCC(=O)O. The average molecular weight is 287 g/mol. The Kier molecular flexibility index (Phi) is 8.35. The quantitative estimate of drug-likeness (QED) is 0.504. The second-order valence-electron chi connectivity index (χ2n) is 5.26. The molecule has 0 spiro atoms. The normalized spacial score (nSPS) is 10.8. The van der Waals surface area contributed by atoms with Gasteiger partial charge >= 0.3 is 12.0 Å². The average Bonchev–Trinajstić information content (AvgIpc) is 2.33. The molecule has 7 nitrogen and oxygen atoms in total. The van der Waals surface area contributed by atoms with Gasteiger partial charge in [0, 0.05) is 31.5 Å². The molecule has 0 aliphatic rings. The molecule has 0 aromatic heterocycles. The van der Waals surface area contributed by atoms with Crippen LogP contribution in [0.1, 0.15) is 46.5 Å². The van der Waals surface area contributed by atoms with Crippen LogP contribution in [0.3, 0.4) is 0 Å². The third-order valence-electron chi connectivity index (χ3n) is 2.63. The van der Waals surface area contributed by atoms with Crippen molar-refractivity contribution in [1.82, 2.24) is 16.0 Å². The lowest BCUT2D eigenvalue weighted by atomic mass is 9.99. The van der Waals surface area contributed by atoms with Gasteiger partial charge in [-0.3, -0.25) is 9.59 Å². The van der Waals surface area contributed by atoms with Crippen LogP contribution in [0, 0.1) is 0 Å². The monoisotopic (exact) mass is 287 g/mol. The number of amides is 3. The van der Waals surface area contributed by atoms with Gasteiger partial charge in [0.25, 0.3) is 0 Å². The van der Waals surface area contributed by atoms with Crippen molar-refractivity contribution < 1.29 is 19.5 Å². The van der Waals surface area contributed by atoms with Crippen molar-refractivity contribution in [1.29, 1.82) is 0 Å². The van der Waals surface area contributed by atoms with E-state index in [2.05, 4.69) is 16.0 Å². The molecule has 0 aromatic rings. The van der Waals surface area contributed by atoms with Gasteiger partial charge < -0.3 is 21.1 Å². The molecule has 3 amide bonds. The molecule has 116 valence electrons. The highest BCUT2D eigenvalue weighted by molar-refractivity contribution is 5.78. The molecule has 0 bridgehead atoms. The maximum absolute atomic E-state index is 11.6. The molecular weight excluding hydrogens is 262 g/mol. The fourth-order valence-electron chi connectivity index (χ4n) is 1.48. The van der Waals surface area contributed by atoms with E-state index in [0.29, 0.717) is 13.0 Å². The summed E-state index contributed by atoms with van der Waals surface area (Å²) in [4.78, 5) is 33.4. The summed E-state index contributed by atoms with van der Waals surface area (Å²) in [5.41, 5.74) is -0.604. The molecular formula is C13H25N3O4. The van der Waals surface area contributed by atoms with E-state index in [4.69, 9.17) is 5.11 Å². The topological polar surface area (TPSA) is 108 Å². The number of carboxylic acid groups (broad SMARTS) is 1. The minimum atomic E-state index is -0.895. The Labute approximate surface area is 119 Å². The molecule has 7 heteroatoms. The first-order chi connectivity index (χ1) is 9.26. The first kappa shape index (κ1) is 18.2. The second kappa shape index (κ2) is 9.17. The number of carbonyl (C=O) groups excluding carboxylic acids is 2. The maximum Gasteiger partial charge on any atom is 0.315 e. The van der Waals surface area contributed by atoms with Crippen LogP contribution in [0.5, 0.6) is 0 Å². The Balaban J connectivity index is 3.87. The number of carbonyl (C=O) groups is 3. The standard InChI is InChI=1S/C13H25N3O4/c1-4-8-14-10(17)6-9-15-12(20)16-13(2,3)7-5-11(18)19/h4-9H2,1-3H3,(H,14,17)(H,18,19)(H2,15,16,20). The largest absolute Gasteiger partial charge is 0.481 e. The van der Waals surface area contributed by atoms with Crippen LogP contribution >= 0.6 is 0 Å². The highest BCUT2D eigenvalue weighted by atomic mass is 16.4. The van der Waals surface area contributed by atoms with E-state index < -0.39 is 17.5 Å². The van der Waals surface area contributed by atoms with Crippen LogP contribution in [-0.4, -0.2) is 41.6 Å². The second-order valence-corrected chi connectivity index (χ2v) is 5.26. The zero-order chi connectivity index (χ0) is 15.6.